The van der Waals surface area contributed by atoms with Crippen molar-refractivity contribution in [3.05, 3.63) is 120 Å². The van der Waals surface area contributed by atoms with Gasteiger partial charge in [0.25, 0.3) is 0 Å². The molecule has 0 bridgehead atoms. The van der Waals surface area contributed by atoms with Crippen LogP contribution in [0.2, 0.25) is 0 Å². The number of methoxy groups -OCH3 is 1. The van der Waals surface area contributed by atoms with E-state index in [4.69, 9.17) is 4.74 Å². The van der Waals surface area contributed by atoms with Crippen molar-refractivity contribution in [2.75, 3.05) is 7.11 Å². The Hall–Kier alpha value is -4.12. The minimum absolute atomic E-state index is 0.0826. The predicted octanol–water partition coefficient (Wildman–Crippen LogP) is 4.01. The highest BCUT2D eigenvalue weighted by molar-refractivity contribution is 5.94. The Morgan fingerprint density at radius 2 is 1.03 bits per heavy atom. The fourth-order valence-electron chi connectivity index (χ4n) is 3.64. The molecule has 0 fully saturated rings. The third-order valence-electron chi connectivity index (χ3n) is 5.58. The first-order chi connectivity index (χ1) is 16.0. The van der Waals surface area contributed by atoms with E-state index in [0.717, 1.165) is 40.9 Å². The average Bonchev–Trinajstić information content (AvgIpc) is 2.85. The Morgan fingerprint density at radius 1 is 0.636 bits per heavy atom. The molecule has 0 unspecified atom stereocenters. The van der Waals surface area contributed by atoms with Gasteiger partial charge in [-0.25, -0.2) is 13.9 Å². The van der Waals surface area contributed by atoms with Crippen LogP contribution in [0.4, 0.5) is 0 Å². The second-order valence-electron chi connectivity index (χ2n) is 7.96. The zero-order chi connectivity index (χ0) is 23.2. The third-order valence-corrected chi connectivity index (χ3v) is 5.58. The van der Waals surface area contributed by atoms with Gasteiger partial charge in [0.1, 0.15) is 0 Å². The van der Waals surface area contributed by atoms with Gasteiger partial charge in [0, 0.05) is 41.0 Å². The molecule has 0 aliphatic rings. The highest BCUT2D eigenvalue weighted by Crippen LogP contribution is 2.16. The molecule has 0 N–H and O–H groups in total. The molecule has 0 aliphatic heterocycles. The van der Waals surface area contributed by atoms with Crippen molar-refractivity contribution in [3.8, 4) is 11.1 Å². The minimum Gasteiger partial charge on any atom is -0.465 e. The lowest BCUT2D eigenvalue weighted by Crippen LogP contribution is -2.33. The van der Waals surface area contributed by atoms with E-state index in [1.54, 1.807) is 19.1 Å². The van der Waals surface area contributed by atoms with Gasteiger partial charge in [0.05, 0.1) is 12.7 Å². The molecular weight excluding hydrogens is 412 g/mol. The summed E-state index contributed by atoms with van der Waals surface area (Å²) in [5, 5.41) is 0. The summed E-state index contributed by atoms with van der Waals surface area (Å²) in [7, 11) is 1.38. The van der Waals surface area contributed by atoms with E-state index in [0.29, 0.717) is 5.56 Å². The summed E-state index contributed by atoms with van der Waals surface area (Å²) in [5.74, 6) is -0.243. The summed E-state index contributed by atoms with van der Waals surface area (Å²) >= 11 is 0. The van der Waals surface area contributed by atoms with Gasteiger partial charge in [0.15, 0.2) is 43.7 Å². The summed E-state index contributed by atoms with van der Waals surface area (Å²) < 4.78 is 8.96. The molecular formula is C28H26N2O3+2. The molecule has 5 nitrogen and oxygen atoms in total. The van der Waals surface area contributed by atoms with E-state index >= 15 is 0 Å². The van der Waals surface area contributed by atoms with Crippen LogP contribution in [0.5, 0.6) is 0 Å². The van der Waals surface area contributed by atoms with Crippen LogP contribution in [0.1, 0.15) is 38.8 Å². The first-order valence-electron chi connectivity index (χ1n) is 10.8. The number of carbonyl (C=O) groups is 2. The van der Waals surface area contributed by atoms with Crippen molar-refractivity contribution < 1.29 is 23.5 Å². The number of pyridine rings is 2. The maximum absolute atomic E-state index is 11.6. The van der Waals surface area contributed by atoms with E-state index < -0.39 is 0 Å². The van der Waals surface area contributed by atoms with E-state index in [1.807, 2.05) is 36.4 Å². The molecule has 0 atom stereocenters. The van der Waals surface area contributed by atoms with Crippen molar-refractivity contribution >= 4 is 11.8 Å². The van der Waals surface area contributed by atoms with Gasteiger partial charge in [-0.15, -0.1) is 0 Å². The topological polar surface area (TPSA) is 51.1 Å². The molecule has 2 aromatic carbocycles. The van der Waals surface area contributed by atoms with E-state index in [-0.39, 0.29) is 11.8 Å². The Bertz CT molecular complexity index is 1240. The van der Waals surface area contributed by atoms with Gasteiger partial charge >= 0.3 is 5.97 Å². The number of ether oxygens (including phenoxy) is 1. The van der Waals surface area contributed by atoms with Gasteiger partial charge < -0.3 is 4.74 Å². The average molecular weight is 439 g/mol. The molecule has 2 aromatic heterocycles. The molecule has 0 aliphatic carbocycles. The van der Waals surface area contributed by atoms with Crippen LogP contribution in [0, 0.1) is 0 Å². The molecule has 0 saturated carbocycles. The Balaban J connectivity index is 1.39. The summed E-state index contributed by atoms with van der Waals surface area (Å²) in [6.07, 6.45) is 8.25. The zero-order valence-corrected chi connectivity index (χ0v) is 18.8. The summed E-state index contributed by atoms with van der Waals surface area (Å²) in [6, 6.07) is 23.6. The highest BCUT2D eigenvalue weighted by atomic mass is 16.5. The van der Waals surface area contributed by atoms with Gasteiger partial charge in [-0.1, -0.05) is 36.4 Å². The molecule has 0 saturated heterocycles. The van der Waals surface area contributed by atoms with Crippen LogP contribution in [0.15, 0.2) is 97.6 Å². The minimum atomic E-state index is -0.325. The van der Waals surface area contributed by atoms with E-state index in [2.05, 4.69) is 58.2 Å². The summed E-state index contributed by atoms with van der Waals surface area (Å²) in [5.41, 5.74) is 5.84. The molecule has 0 spiro atoms. The van der Waals surface area contributed by atoms with Crippen molar-refractivity contribution in [1.29, 1.82) is 0 Å². The standard InChI is InChI=1S/C28H26N2O3/c1-21(31)24-7-3-22(4-8-24)19-29-15-11-25(12-16-29)26-13-17-30(18-14-26)20-23-5-9-27(10-6-23)28(32)33-2/h3-18H,19-20H2,1-2H3/q+2. The monoisotopic (exact) mass is 438 g/mol. The number of rotatable bonds is 7. The van der Waals surface area contributed by atoms with Gasteiger partial charge in [0.2, 0.25) is 0 Å². The quantitative estimate of drug-likeness (QED) is 0.249. The van der Waals surface area contributed by atoms with Crippen LogP contribution in [0.25, 0.3) is 11.1 Å². The van der Waals surface area contributed by atoms with Crippen LogP contribution in [-0.4, -0.2) is 18.9 Å². The predicted molar refractivity (Wildman–Crippen MR) is 125 cm³/mol. The van der Waals surface area contributed by atoms with Crippen molar-refractivity contribution in [3.63, 3.8) is 0 Å². The molecule has 2 heterocycles. The Labute approximate surface area is 193 Å². The van der Waals surface area contributed by atoms with Crippen LogP contribution >= 0.6 is 0 Å². The molecule has 33 heavy (non-hydrogen) atoms. The molecule has 5 heteroatoms. The number of ketones is 1. The normalized spacial score (nSPS) is 10.6. The largest absolute Gasteiger partial charge is 0.465 e. The van der Waals surface area contributed by atoms with E-state index in [9.17, 15) is 9.59 Å². The van der Waals surface area contributed by atoms with Gasteiger partial charge in [-0.05, 0) is 30.2 Å². The van der Waals surface area contributed by atoms with Crippen LogP contribution < -0.4 is 9.13 Å². The number of nitrogens with zero attached hydrogens (tertiary/aromatic N) is 2. The molecule has 0 radical (unpaired) electrons. The maximum atomic E-state index is 11.6. The van der Waals surface area contributed by atoms with E-state index in [1.165, 1.54) is 7.11 Å². The first-order valence-corrected chi connectivity index (χ1v) is 10.8. The van der Waals surface area contributed by atoms with Crippen LogP contribution in [0.3, 0.4) is 0 Å². The Morgan fingerprint density at radius 3 is 1.39 bits per heavy atom. The summed E-state index contributed by atoms with van der Waals surface area (Å²) in [6.45, 7) is 3.05. The smallest absolute Gasteiger partial charge is 0.337 e. The van der Waals surface area contributed by atoms with Crippen molar-refractivity contribution in [1.82, 2.24) is 0 Å². The molecule has 4 rings (SSSR count). The first kappa shape index (κ1) is 22.1. The second-order valence-corrected chi connectivity index (χ2v) is 7.96. The third kappa shape index (κ3) is 5.57. The fourth-order valence-corrected chi connectivity index (χ4v) is 3.64. The number of carbonyl (C=O) groups excluding carboxylic acids is 2. The van der Waals surface area contributed by atoms with Crippen molar-refractivity contribution in [2.45, 2.75) is 20.0 Å². The molecule has 0 amide bonds. The highest BCUT2D eigenvalue weighted by Gasteiger charge is 2.09. The maximum Gasteiger partial charge on any atom is 0.337 e. The number of hydrogen-bond donors (Lipinski definition) is 0. The number of Topliss-reactive ketones (excluding diaryl/α,β-unsaturated/α-hetero) is 1. The molecule has 164 valence electrons. The zero-order valence-electron chi connectivity index (χ0n) is 18.8. The fraction of sp³-hybridized carbons (Fsp3) is 0.143. The number of aromatic nitrogens is 2. The van der Waals surface area contributed by atoms with Gasteiger partial charge in [-0.3, -0.25) is 4.79 Å². The lowest BCUT2D eigenvalue weighted by Gasteiger charge is -2.03. The number of benzene rings is 2. The Kier molecular flexibility index (Phi) is 6.69. The van der Waals surface area contributed by atoms with Gasteiger partial charge in [-0.2, -0.15) is 0 Å². The van der Waals surface area contributed by atoms with Crippen molar-refractivity contribution in [2.24, 2.45) is 0 Å². The molecule has 4 aromatic rings. The number of hydrogen-bond acceptors (Lipinski definition) is 3. The van der Waals surface area contributed by atoms with Crippen LogP contribution in [-0.2, 0) is 17.8 Å². The lowest BCUT2D eigenvalue weighted by molar-refractivity contribution is -0.688. The lowest BCUT2D eigenvalue weighted by atomic mass is 10.1. The number of esters is 1. The SMILES string of the molecule is COC(=O)c1ccc(C[n+]2ccc(-c3cc[n+](Cc4ccc(C(C)=O)cc4)cc3)cc2)cc1. The second kappa shape index (κ2) is 10.0. The summed E-state index contributed by atoms with van der Waals surface area (Å²) in [4.78, 5) is 23.0.